The van der Waals surface area contributed by atoms with Crippen molar-refractivity contribution in [3.63, 3.8) is 0 Å². The normalized spacial score (nSPS) is 14.6. The van der Waals surface area contributed by atoms with Gasteiger partial charge >= 0.3 is 0 Å². The van der Waals surface area contributed by atoms with Gasteiger partial charge in [0.2, 0.25) is 0 Å². The number of fused-ring (bicyclic) bond motifs is 1. The first-order valence-electron chi connectivity index (χ1n) is 10.8. The van der Waals surface area contributed by atoms with E-state index in [0.29, 0.717) is 22.8 Å². The third-order valence-corrected chi connectivity index (χ3v) is 7.01. The van der Waals surface area contributed by atoms with E-state index >= 15 is 0 Å². The van der Waals surface area contributed by atoms with Gasteiger partial charge in [0.15, 0.2) is 5.82 Å². The molecule has 4 N–H and O–H groups in total. The number of carbonyl (C=O) groups excluding carboxylic acids is 1. The highest BCUT2D eigenvalue weighted by Crippen LogP contribution is 2.38. The van der Waals surface area contributed by atoms with Crippen LogP contribution in [0.3, 0.4) is 0 Å². The lowest BCUT2D eigenvalue weighted by Crippen LogP contribution is -2.30. The van der Waals surface area contributed by atoms with Crippen molar-refractivity contribution >= 4 is 44.5 Å². The molecule has 1 fully saturated rings. The van der Waals surface area contributed by atoms with Crippen molar-refractivity contribution in [2.45, 2.75) is 12.8 Å². The molecule has 0 bridgehead atoms. The van der Waals surface area contributed by atoms with E-state index in [1.165, 1.54) is 21.8 Å². The summed E-state index contributed by atoms with van der Waals surface area (Å²) in [6, 6.07) is 10.5. The monoisotopic (exact) mass is 463 g/mol. The van der Waals surface area contributed by atoms with E-state index < -0.39 is 5.91 Å². The van der Waals surface area contributed by atoms with Crippen LogP contribution < -0.4 is 21.3 Å². The van der Waals surface area contributed by atoms with E-state index in [1.807, 2.05) is 6.07 Å². The highest BCUT2D eigenvalue weighted by molar-refractivity contribution is 7.21. The van der Waals surface area contributed by atoms with Crippen LogP contribution >= 0.6 is 11.3 Å². The van der Waals surface area contributed by atoms with Gasteiger partial charge in [-0.05, 0) is 35.4 Å². The van der Waals surface area contributed by atoms with E-state index in [1.54, 1.807) is 13.2 Å². The zero-order chi connectivity index (χ0) is 22.9. The molecular formula is C22H25N9OS. The van der Waals surface area contributed by atoms with Crippen molar-refractivity contribution in [3.8, 4) is 0 Å². The molecule has 11 heteroatoms. The number of pyridine rings is 1. The number of benzene rings is 1. The first-order chi connectivity index (χ1) is 16.0. The van der Waals surface area contributed by atoms with Crippen LogP contribution in [0.25, 0.3) is 10.2 Å². The maximum Gasteiger partial charge on any atom is 0.260 e. The Morgan fingerprint density at radius 2 is 1.85 bits per heavy atom. The summed E-state index contributed by atoms with van der Waals surface area (Å²) in [5.74, 6) is 0.202. The number of primary amides is 1. The van der Waals surface area contributed by atoms with Crippen molar-refractivity contribution in [1.82, 2.24) is 25.2 Å². The Morgan fingerprint density at radius 3 is 2.58 bits per heavy atom. The molecular weight excluding hydrogens is 438 g/mol. The van der Waals surface area contributed by atoms with Crippen LogP contribution in [0.15, 0.2) is 36.5 Å². The zero-order valence-corrected chi connectivity index (χ0v) is 19.1. The largest absolute Gasteiger partial charge is 0.397 e. The molecule has 1 aliphatic rings. The quantitative estimate of drug-likeness (QED) is 0.458. The summed E-state index contributed by atoms with van der Waals surface area (Å²) in [6.45, 7) is 3.57. The van der Waals surface area contributed by atoms with Crippen LogP contribution in [0, 0.1) is 0 Å². The first kappa shape index (κ1) is 21.1. The van der Waals surface area contributed by atoms with Crippen LogP contribution in [0.1, 0.15) is 27.5 Å². The number of hydrogen-bond donors (Lipinski definition) is 2. The number of carbonyl (C=O) groups is 1. The van der Waals surface area contributed by atoms with Crippen molar-refractivity contribution < 1.29 is 4.79 Å². The highest BCUT2D eigenvalue weighted by atomic mass is 32.1. The summed E-state index contributed by atoms with van der Waals surface area (Å²) in [5.41, 5.74) is 15.6. The SMILES string of the molecule is Cn1nnc(Cc2ccc(N3CCCN(c4ccnc5sc(C(N)=O)c(N)c45)CC3)cc2)n1. The number of nitrogens with two attached hydrogens (primary N) is 2. The topological polar surface area (TPSA) is 132 Å². The van der Waals surface area contributed by atoms with Gasteiger partial charge in [0.05, 0.1) is 23.8 Å². The van der Waals surface area contributed by atoms with Gasteiger partial charge in [-0.3, -0.25) is 4.79 Å². The molecule has 0 radical (unpaired) electrons. The molecule has 1 aromatic carbocycles. The molecule has 10 nitrogen and oxygen atoms in total. The van der Waals surface area contributed by atoms with Crippen LogP contribution in [0.4, 0.5) is 17.1 Å². The fourth-order valence-electron chi connectivity index (χ4n) is 4.29. The lowest BCUT2D eigenvalue weighted by atomic mass is 10.1. The number of anilines is 3. The smallest absolute Gasteiger partial charge is 0.260 e. The highest BCUT2D eigenvalue weighted by Gasteiger charge is 2.22. The van der Waals surface area contributed by atoms with Crippen molar-refractivity contribution in [1.29, 1.82) is 0 Å². The Kier molecular flexibility index (Phi) is 5.55. The van der Waals surface area contributed by atoms with E-state index in [4.69, 9.17) is 11.5 Å². The summed E-state index contributed by atoms with van der Waals surface area (Å²) in [6.07, 6.45) is 3.43. The van der Waals surface area contributed by atoms with E-state index in [2.05, 4.69) is 54.5 Å². The second-order valence-electron chi connectivity index (χ2n) is 8.09. The number of nitrogen functional groups attached to an aromatic ring is 1. The molecule has 1 saturated heterocycles. The zero-order valence-electron chi connectivity index (χ0n) is 18.3. The number of nitrogens with zero attached hydrogens (tertiary/aromatic N) is 7. The number of rotatable bonds is 5. The summed E-state index contributed by atoms with van der Waals surface area (Å²) in [5, 5.41) is 13.0. The lowest BCUT2D eigenvalue weighted by Gasteiger charge is -2.25. The minimum Gasteiger partial charge on any atom is -0.397 e. The van der Waals surface area contributed by atoms with Crippen molar-refractivity contribution in [2.24, 2.45) is 12.8 Å². The van der Waals surface area contributed by atoms with Gasteiger partial charge in [-0.25, -0.2) is 4.98 Å². The number of thiophene rings is 1. The molecule has 3 aromatic heterocycles. The fraction of sp³-hybridized carbons (Fsp3) is 0.318. The average Bonchev–Trinajstić information content (AvgIpc) is 3.27. The Balaban J connectivity index is 1.32. The molecule has 0 unspecified atom stereocenters. The number of amides is 1. The minimum absolute atomic E-state index is 0.373. The Hall–Kier alpha value is -3.73. The number of hydrogen-bond acceptors (Lipinski definition) is 9. The third-order valence-electron chi connectivity index (χ3n) is 5.88. The second-order valence-corrected chi connectivity index (χ2v) is 9.08. The summed E-state index contributed by atoms with van der Waals surface area (Å²) >= 11 is 1.25. The van der Waals surface area contributed by atoms with Gasteiger partial charge in [0.25, 0.3) is 5.91 Å². The number of aryl methyl sites for hydroxylation is 1. The Bertz CT molecular complexity index is 1300. The molecule has 0 aliphatic carbocycles. The minimum atomic E-state index is -0.512. The van der Waals surface area contributed by atoms with E-state index in [0.717, 1.165) is 54.1 Å². The van der Waals surface area contributed by atoms with Crippen LogP contribution in [-0.2, 0) is 13.5 Å². The van der Waals surface area contributed by atoms with Crippen LogP contribution in [0.5, 0.6) is 0 Å². The maximum absolute atomic E-state index is 11.8. The Labute approximate surface area is 194 Å². The molecule has 170 valence electrons. The van der Waals surface area contributed by atoms with Gasteiger partial charge in [0.1, 0.15) is 9.71 Å². The van der Waals surface area contributed by atoms with Gasteiger partial charge in [-0.15, -0.1) is 21.5 Å². The Morgan fingerprint density at radius 1 is 1.09 bits per heavy atom. The molecule has 1 aliphatic heterocycles. The fourth-order valence-corrected chi connectivity index (χ4v) is 5.23. The first-order valence-corrected chi connectivity index (χ1v) is 11.6. The second kappa shape index (κ2) is 8.66. The third kappa shape index (κ3) is 4.19. The molecule has 0 spiro atoms. The predicted molar refractivity (Wildman–Crippen MR) is 130 cm³/mol. The summed E-state index contributed by atoms with van der Waals surface area (Å²) < 4.78 is 0. The lowest BCUT2D eigenvalue weighted by molar-refractivity contribution is 0.100. The van der Waals surface area contributed by atoms with Gasteiger partial charge in [0, 0.05) is 44.5 Å². The van der Waals surface area contributed by atoms with E-state index in [-0.39, 0.29) is 0 Å². The molecule has 5 rings (SSSR count). The van der Waals surface area contributed by atoms with Gasteiger partial charge in [-0.2, -0.15) is 4.80 Å². The number of aromatic nitrogens is 5. The molecule has 33 heavy (non-hydrogen) atoms. The van der Waals surface area contributed by atoms with E-state index in [9.17, 15) is 4.79 Å². The van der Waals surface area contributed by atoms with Crippen LogP contribution in [-0.4, -0.2) is 57.3 Å². The van der Waals surface area contributed by atoms with Crippen molar-refractivity contribution in [3.05, 3.63) is 52.8 Å². The summed E-state index contributed by atoms with van der Waals surface area (Å²) in [4.78, 5) is 23.5. The van der Waals surface area contributed by atoms with Crippen LogP contribution in [0.2, 0.25) is 0 Å². The summed E-state index contributed by atoms with van der Waals surface area (Å²) in [7, 11) is 1.77. The number of tetrazole rings is 1. The molecule has 4 aromatic rings. The molecule has 0 atom stereocenters. The van der Waals surface area contributed by atoms with Gasteiger partial charge < -0.3 is 21.3 Å². The van der Waals surface area contributed by atoms with Crippen molar-refractivity contribution in [2.75, 3.05) is 41.7 Å². The standard InChI is InChI=1S/C22H25N9OS/c1-29-27-17(26-28-29)13-14-3-5-15(6-4-14)30-9-2-10-31(12-11-30)16-7-8-25-22-18(16)19(23)20(33-22)21(24)32/h3-8H,2,9-13,23H2,1H3,(H2,24,32). The average molecular weight is 464 g/mol. The molecule has 1 amide bonds. The maximum atomic E-state index is 11.8. The predicted octanol–water partition coefficient (Wildman–Crippen LogP) is 1.81. The molecule has 4 heterocycles. The van der Waals surface area contributed by atoms with Gasteiger partial charge in [-0.1, -0.05) is 12.1 Å². The molecule has 0 saturated carbocycles.